The number of likely N-dealkylation sites (tertiary alicyclic amines) is 1. The fourth-order valence-electron chi connectivity index (χ4n) is 2.66. The summed E-state index contributed by atoms with van der Waals surface area (Å²) >= 11 is 0. The van der Waals surface area contributed by atoms with Gasteiger partial charge < -0.3 is 10.2 Å². The number of benzene rings is 1. The maximum Gasteiger partial charge on any atom is 0.229 e. The van der Waals surface area contributed by atoms with E-state index in [1.54, 1.807) is 35.4 Å². The van der Waals surface area contributed by atoms with Crippen molar-refractivity contribution < 1.29 is 9.59 Å². The van der Waals surface area contributed by atoms with Gasteiger partial charge in [0.25, 0.3) is 0 Å². The molecule has 120 valence electrons. The summed E-state index contributed by atoms with van der Waals surface area (Å²) in [5.41, 5.74) is 1.96. The molecule has 0 radical (unpaired) electrons. The third-order valence-corrected chi connectivity index (χ3v) is 3.95. The Morgan fingerprint density at radius 3 is 2.75 bits per heavy atom. The van der Waals surface area contributed by atoms with Crippen LogP contribution in [0.3, 0.4) is 0 Å². The summed E-state index contributed by atoms with van der Waals surface area (Å²) in [6.07, 6.45) is 1.89. The molecule has 1 unspecified atom stereocenters. The Bertz CT molecular complexity index is 781. The number of anilines is 1. The molecule has 1 saturated heterocycles. The third kappa shape index (κ3) is 3.58. The highest BCUT2D eigenvalue weighted by Crippen LogP contribution is 2.21. The zero-order valence-corrected chi connectivity index (χ0v) is 13.0. The summed E-state index contributed by atoms with van der Waals surface area (Å²) < 4.78 is 0. The molecular weight excluding hydrogens is 304 g/mol. The third-order valence-electron chi connectivity index (χ3n) is 3.95. The first-order valence-electron chi connectivity index (χ1n) is 7.64. The summed E-state index contributed by atoms with van der Waals surface area (Å²) in [4.78, 5) is 30.3. The molecule has 6 heteroatoms. The second-order valence-corrected chi connectivity index (χ2v) is 5.67. The molecule has 0 saturated carbocycles. The van der Waals surface area contributed by atoms with Gasteiger partial charge in [0, 0.05) is 24.8 Å². The van der Waals surface area contributed by atoms with Crippen LogP contribution in [0.15, 0.2) is 48.7 Å². The molecule has 1 aliphatic rings. The van der Waals surface area contributed by atoms with Crippen molar-refractivity contribution in [1.82, 2.24) is 9.88 Å². The van der Waals surface area contributed by atoms with Gasteiger partial charge in [0.1, 0.15) is 0 Å². The molecule has 1 aromatic heterocycles. The summed E-state index contributed by atoms with van der Waals surface area (Å²) in [6, 6.07) is 14.2. The predicted molar refractivity (Wildman–Crippen MR) is 87.5 cm³/mol. The lowest BCUT2D eigenvalue weighted by Crippen LogP contribution is -2.28. The fraction of sp³-hybridized carbons (Fsp3) is 0.222. The lowest BCUT2D eigenvalue weighted by Gasteiger charge is -2.16. The molecule has 1 atom stereocenters. The Labute approximate surface area is 139 Å². The van der Waals surface area contributed by atoms with E-state index in [4.69, 9.17) is 5.26 Å². The van der Waals surface area contributed by atoms with E-state index in [2.05, 4.69) is 10.3 Å². The summed E-state index contributed by atoms with van der Waals surface area (Å²) in [6.45, 7) is 0.803. The van der Waals surface area contributed by atoms with E-state index in [9.17, 15) is 9.59 Å². The number of amides is 2. The highest BCUT2D eigenvalue weighted by atomic mass is 16.2. The van der Waals surface area contributed by atoms with Gasteiger partial charge in [-0.25, -0.2) is 0 Å². The van der Waals surface area contributed by atoms with Crippen molar-refractivity contribution in [2.45, 2.75) is 13.0 Å². The zero-order chi connectivity index (χ0) is 16.9. The second kappa shape index (κ2) is 6.92. The number of nitriles is 1. The van der Waals surface area contributed by atoms with Gasteiger partial charge in [0.2, 0.25) is 11.8 Å². The number of carbonyl (C=O) groups is 2. The van der Waals surface area contributed by atoms with Gasteiger partial charge in [-0.15, -0.1) is 0 Å². The molecule has 1 aliphatic heterocycles. The van der Waals surface area contributed by atoms with Crippen molar-refractivity contribution in [3.05, 3.63) is 59.9 Å². The van der Waals surface area contributed by atoms with Crippen molar-refractivity contribution in [1.29, 1.82) is 5.26 Å². The average molecular weight is 320 g/mol. The standard InChI is InChI=1S/C18H16N4O2/c19-10-13-4-6-15(7-5-13)21-18(24)14-9-17(23)22(11-14)12-16-3-1-2-8-20-16/h1-8,14H,9,11-12H2,(H,21,24). The molecule has 1 N–H and O–H groups in total. The van der Waals surface area contributed by atoms with Crippen LogP contribution in [0.2, 0.25) is 0 Å². The van der Waals surface area contributed by atoms with Crippen molar-refractivity contribution in [3.8, 4) is 6.07 Å². The molecule has 2 heterocycles. The molecule has 6 nitrogen and oxygen atoms in total. The molecule has 2 aromatic rings. The summed E-state index contributed by atoms with van der Waals surface area (Å²) in [5, 5.41) is 11.6. The monoisotopic (exact) mass is 320 g/mol. The lowest BCUT2D eigenvalue weighted by molar-refractivity contribution is -0.128. The predicted octanol–water partition coefficient (Wildman–Crippen LogP) is 1.94. The Kier molecular flexibility index (Phi) is 4.52. The van der Waals surface area contributed by atoms with Crippen molar-refractivity contribution in [2.75, 3.05) is 11.9 Å². The van der Waals surface area contributed by atoms with E-state index in [0.29, 0.717) is 24.3 Å². The first-order chi connectivity index (χ1) is 11.7. The van der Waals surface area contributed by atoms with Crippen LogP contribution in [0.25, 0.3) is 0 Å². The smallest absolute Gasteiger partial charge is 0.229 e. The quantitative estimate of drug-likeness (QED) is 0.933. The summed E-state index contributed by atoms with van der Waals surface area (Å²) in [5.74, 6) is -0.603. The molecule has 2 amide bonds. The fourth-order valence-corrected chi connectivity index (χ4v) is 2.66. The highest BCUT2D eigenvalue weighted by Gasteiger charge is 2.34. The van der Waals surface area contributed by atoms with Crippen LogP contribution in [0.5, 0.6) is 0 Å². The Morgan fingerprint density at radius 1 is 1.29 bits per heavy atom. The minimum Gasteiger partial charge on any atom is -0.336 e. The van der Waals surface area contributed by atoms with Gasteiger partial charge in [-0.2, -0.15) is 5.26 Å². The maximum absolute atomic E-state index is 12.3. The van der Waals surface area contributed by atoms with Crippen LogP contribution in [0.1, 0.15) is 17.7 Å². The number of nitrogens with one attached hydrogen (secondary N) is 1. The first kappa shape index (κ1) is 15.7. The van der Waals surface area contributed by atoms with Gasteiger partial charge in [-0.1, -0.05) is 6.07 Å². The van der Waals surface area contributed by atoms with Crippen LogP contribution < -0.4 is 5.32 Å². The van der Waals surface area contributed by atoms with Gasteiger partial charge in [-0.3, -0.25) is 14.6 Å². The molecule has 3 rings (SSSR count). The average Bonchev–Trinajstić information content (AvgIpc) is 2.97. The first-order valence-corrected chi connectivity index (χ1v) is 7.64. The Hall–Kier alpha value is -3.20. The maximum atomic E-state index is 12.3. The summed E-state index contributed by atoms with van der Waals surface area (Å²) in [7, 11) is 0. The number of pyridine rings is 1. The van der Waals surface area contributed by atoms with Crippen LogP contribution in [-0.2, 0) is 16.1 Å². The minimum absolute atomic E-state index is 0.0411. The number of nitrogens with zero attached hydrogens (tertiary/aromatic N) is 3. The lowest BCUT2D eigenvalue weighted by atomic mass is 10.1. The molecular formula is C18H16N4O2. The van der Waals surface area contributed by atoms with E-state index in [1.807, 2.05) is 24.3 Å². The molecule has 1 aromatic carbocycles. The van der Waals surface area contributed by atoms with Gasteiger partial charge in [0.05, 0.1) is 29.8 Å². The molecule has 1 fully saturated rings. The van der Waals surface area contributed by atoms with Gasteiger partial charge in [0.15, 0.2) is 0 Å². The second-order valence-electron chi connectivity index (χ2n) is 5.67. The number of rotatable bonds is 4. The van der Waals surface area contributed by atoms with E-state index in [0.717, 1.165) is 5.69 Å². The zero-order valence-electron chi connectivity index (χ0n) is 13.0. The van der Waals surface area contributed by atoms with E-state index in [-0.39, 0.29) is 24.2 Å². The van der Waals surface area contributed by atoms with Crippen molar-refractivity contribution >= 4 is 17.5 Å². The van der Waals surface area contributed by atoms with Gasteiger partial charge in [-0.05, 0) is 36.4 Å². The van der Waals surface area contributed by atoms with Crippen LogP contribution in [-0.4, -0.2) is 28.2 Å². The van der Waals surface area contributed by atoms with Crippen molar-refractivity contribution in [3.63, 3.8) is 0 Å². The van der Waals surface area contributed by atoms with Crippen LogP contribution >= 0.6 is 0 Å². The number of carbonyl (C=O) groups excluding carboxylic acids is 2. The van der Waals surface area contributed by atoms with Crippen LogP contribution in [0, 0.1) is 17.2 Å². The molecule has 0 spiro atoms. The molecule has 0 aliphatic carbocycles. The van der Waals surface area contributed by atoms with E-state index in [1.165, 1.54) is 0 Å². The van der Waals surface area contributed by atoms with E-state index < -0.39 is 0 Å². The van der Waals surface area contributed by atoms with Crippen molar-refractivity contribution in [2.24, 2.45) is 5.92 Å². The Balaban J connectivity index is 1.60. The topological polar surface area (TPSA) is 86.1 Å². The van der Waals surface area contributed by atoms with Crippen LogP contribution in [0.4, 0.5) is 5.69 Å². The Morgan fingerprint density at radius 2 is 2.08 bits per heavy atom. The normalized spacial score (nSPS) is 16.7. The van der Waals surface area contributed by atoms with Gasteiger partial charge >= 0.3 is 0 Å². The SMILES string of the molecule is N#Cc1ccc(NC(=O)C2CC(=O)N(Cc3ccccn3)C2)cc1. The molecule has 0 bridgehead atoms. The number of hydrogen-bond donors (Lipinski definition) is 1. The van der Waals surface area contributed by atoms with E-state index >= 15 is 0 Å². The largest absolute Gasteiger partial charge is 0.336 e. The number of hydrogen-bond acceptors (Lipinski definition) is 4. The highest BCUT2D eigenvalue weighted by molar-refractivity contribution is 5.97. The minimum atomic E-state index is -0.378. The number of aromatic nitrogens is 1. The molecule has 24 heavy (non-hydrogen) atoms.